The van der Waals surface area contributed by atoms with Gasteiger partial charge in [-0.1, -0.05) is 45.7 Å². The smallest absolute Gasteiger partial charge is 0.302 e. The fourth-order valence-electron chi connectivity index (χ4n) is 2.32. The molecule has 0 aliphatic carbocycles. The lowest BCUT2D eigenvalue weighted by molar-refractivity contribution is -0.120. The highest BCUT2D eigenvalue weighted by Crippen LogP contribution is 2.37. The summed E-state index contributed by atoms with van der Waals surface area (Å²) >= 11 is 9.31. The first-order valence-electron chi connectivity index (χ1n) is 7.26. The van der Waals surface area contributed by atoms with Crippen LogP contribution in [0.2, 0.25) is 5.02 Å². The van der Waals surface area contributed by atoms with Crippen LogP contribution in [0, 0.1) is 0 Å². The highest BCUT2D eigenvalue weighted by molar-refractivity contribution is 9.10. The Kier molecular flexibility index (Phi) is 5.06. The number of amides is 1. The molecule has 25 heavy (non-hydrogen) atoms. The molecule has 8 heteroatoms. The molecule has 6 nitrogen and oxygen atoms in total. The van der Waals surface area contributed by atoms with Gasteiger partial charge < -0.3 is 14.4 Å². The third-order valence-corrected chi connectivity index (χ3v) is 4.35. The third-order valence-electron chi connectivity index (χ3n) is 3.56. The Labute approximate surface area is 156 Å². The van der Waals surface area contributed by atoms with E-state index < -0.39 is 5.91 Å². The molecule has 0 radical (unpaired) electrons. The number of para-hydroxylation sites is 1. The van der Waals surface area contributed by atoms with E-state index >= 15 is 0 Å². The van der Waals surface area contributed by atoms with Crippen molar-refractivity contribution in [1.29, 1.82) is 0 Å². The molecule has 0 saturated heterocycles. The summed E-state index contributed by atoms with van der Waals surface area (Å²) in [4.78, 5) is 11.9. The summed E-state index contributed by atoms with van der Waals surface area (Å²) in [5, 5.41) is 18.7. The van der Waals surface area contributed by atoms with Crippen LogP contribution in [0.5, 0.6) is 11.6 Å². The van der Waals surface area contributed by atoms with Crippen LogP contribution in [0.25, 0.3) is 10.9 Å². The van der Waals surface area contributed by atoms with Gasteiger partial charge in [-0.2, -0.15) is 0 Å². The number of hydrogen-bond acceptors (Lipinski definition) is 4. The quantitative estimate of drug-likeness (QED) is 0.602. The number of nitrogens with zero attached hydrogens (tertiary/aromatic N) is 3. The minimum Gasteiger partial charge on any atom is -0.493 e. The van der Waals surface area contributed by atoms with Crippen LogP contribution in [-0.2, 0) is 11.8 Å². The zero-order valence-corrected chi connectivity index (χ0v) is 15.5. The van der Waals surface area contributed by atoms with E-state index in [9.17, 15) is 9.90 Å². The first kappa shape index (κ1) is 17.4. The number of carbonyl (C=O) groups is 1. The van der Waals surface area contributed by atoms with Gasteiger partial charge in [0.05, 0.1) is 10.5 Å². The number of aromatic nitrogens is 1. The van der Waals surface area contributed by atoms with Crippen molar-refractivity contribution in [2.24, 2.45) is 17.3 Å². The van der Waals surface area contributed by atoms with Crippen molar-refractivity contribution in [3.05, 3.63) is 52.0 Å². The molecular formula is C17H13BrClN3O3. The monoisotopic (exact) mass is 421 g/mol. The van der Waals surface area contributed by atoms with Gasteiger partial charge in [-0.15, -0.1) is 10.2 Å². The predicted molar refractivity (Wildman–Crippen MR) is 98.8 cm³/mol. The summed E-state index contributed by atoms with van der Waals surface area (Å²) in [7, 11) is 1.71. The number of aromatic hydroxyl groups is 1. The molecule has 1 amide bonds. The fraction of sp³-hybridized carbons (Fsp3) is 0.118. The molecule has 1 N–H and O–H groups in total. The highest BCUT2D eigenvalue weighted by atomic mass is 79.9. The SMILES string of the molecule is Cn1c(O)c(N=NC(=O)COc2ccc(Br)cc2Cl)c2ccccc21. The molecule has 0 spiro atoms. The first-order valence-corrected chi connectivity index (χ1v) is 8.43. The second-order valence-electron chi connectivity index (χ2n) is 5.21. The van der Waals surface area contributed by atoms with Gasteiger partial charge in [0, 0.05) is 16.9 Å². The maximum absolute atomic E-state index is 11.9. The minimum absolute atomic E-state index is 0.0605. The maximum atomic E-state index is 11.9. The number of halogens is 2. The van der Waals surface area contributed by atoms with Gasteiger partial charge in [-0.3, -0.25) is 4.79 Å². The van der Waals surface area contributed by atoms with Crippen molar-refractivity contribution in [1.82, 2.24) is 4.57 Å². The van der Waals surface area contributed by atoms with E-state index in [1.54, 1.807) is 35.9 Å². The molecule has 3 rings (SSSR count). The Balaban J connectivity index is 1.74. The van der Waals surface area contributed by atoms with Crippen LogP contribution in [0.15, 0.2) is 57.2 Å². The third kappa shape index (κ3) is 3.67. The molecule has 0 fully saturated rings. The van der Waals surface area contributed by atoms with Crippen molar-refractivity contribution in [2.45, 2.75) is 0 Å². The van der Waals surface area contributed by atoms with Crippen molar-refractivity contribution < 1.29 is 14.6 Å². The normalized spacial score (nSPS) is 11.3. The molecule has 2 aromatic carbocycles. The van der Waals surface area contributed by atoms with E-state index in [0.29, 0.717) is 16.2 Å². The van der Waals surface area contributed by atoms with Crippen LogP contribution in [0.3, 0.4) is 0 Å². The van der Waals surface area contributed by atoms with E-state index in [1.807, 2.05) is 18.2 Å². The van der Waals surface area contributed by atoms with Crippen molar-refractivity contribution in [3.8, 4) is 11.6 Å². The van der Waals surface area contributed by atoms with Crippen LogP contribution in [-0.4, -0.2) is 22.2 Å². The number of rotatable bonds is 4. The van der Waals surface area contributed by atoms with Crippen LogP contribution in [0.4, 0.5) is 5.69 Å². The maximum Gasteiger partial charge on any atom is 0.302 e. The highest BCUT2D eigenvalue weighted by Gasteiger charge is 2.14. The second kappa shape index (κ2) is 7.25. The zero-order valence-electron chi connectivity index (χ0n) is 13.1. The van der Waals surface area contributed by atoms with E-state index in [1.165, 1.54) is 0 Å². The second-order valence-corrected chi connectivity index (χ2v) is 6.53. The lowest BCUT2D eigenvalue weighted by Crippen LogP contribution is -2.08. The lowest BCUT2D eigenvalue weighted by atomic mass is 10.2. The number of hydrogen-bond donors (Lipinski definition) is 1. The van der Waals surface area contributed by atoms with Crippen molar-refractivity contribution >= 4 is 50.0 Å². The number of aryl methyl sites for hydroxylation is 1. The fourth-order valence-corrected chi connectivity index (χ4v) is 3.05. The lowest BCUT2D eigenvalue weighted by Gasteiger charge is -2.05. The Bertz CT molecular complexity index is 985. The van der Waals surface area contributed by atoms with Gasteiger partial charge in [-0.25, -0.2) is 0 Å². The Morgan fingerprint density at radius 2 is 2.08 bits per heavy atom. The predicted octanol–water partition coefficient (Wildman–Crippen LogP) is 4.99. The van der Waals surface area contributed by atoms with Crippen LogP contribution < -0.4 is 4.74 Å². The molecule has 0 aliphatic heterocycles. The van der Waals surface area contributed by atoms with Crippen LogP contribution in [0.1, 0.15) is 0 Å². The molecule has 0 atom stereocenters. The van der Waals surface area contributed by atoms with Gasteiger partial charge in [0.1, 0.15) is 5.75 Å². The molecule has 0 unspecified atom stereocenters. The summed E-state index contributed by atoms with van der Waals surface area (Å²) < 4.78 is 7.72. The van der Waals surface area contributed by atoms with Gasteiger partial charge in [0.25, 0.3) is 0 Å². The molecule has 1 heterocycles. The van der Waals surface area contributed by atoms with E-state index in [0.717, 1.165) is 9.99 Å². The molecule has 0 bridgehead atoms. The summed E-state index contributed by atoms with van der Waals surface area (Å²) in [6.07, 6.45) is 0. The number of fused-ring (bicyclic) bond motifs is 1. The summed E-state index contributed by atoms with van der Waals surface area (Å²) in [5.74, 6) is -0.276. The summed E-state index contributed by atoms with van der Waals surface area (Å²) in [5.41, 5.74) is 1.03. The largest absolute Gasteiger partial charge is 0.493 e. The molecule has 0 saturated carbocycles. The average molecular weight is 423 g/mol. The minimum atomic E-state index is -0.591. The Morgan fingerprint density at radius 3 is 2.84 bits per heavy atom. The van der Waals surface area contributed by atoms with Gasteiger partial charge >= 0.3 is 5.91 Å². The number of carbonyl (C=O) groups excluding carboxylic acids is 1. The summed E-state index contributed by atoms with van der Waals surface area (Å²) in [6, 6.07) is 12.4. The number of azo groups is 1. The first-order chi connectivity index (χ1) is 12.0. The molecule has 0 aliphatic rings. The van der Waals surface area contributed by atoms with Crippen molar-refractivity contribution in [3.63, 3.8) is 0 Å². The zero-order chi connectivity index (χ0) is 18.0. The molecule has 1 aromatic heterocycles. The van der Waals surface area contributed by atoms with Gasteiger partial charge in [0.15, 0.2) is 12.3 Å². The van der Waals surface area contributed by atoms with E-state index in [-0.39, 0.29) is 18.2 Å². The van der Waals surface area contributed by atoms with Crippen molar-refractivity contribution in [2.75, 3.05) is 6.61 Å². The van der Waals surface area contributed by atoms with Gasteiger partial charge in [0.2, 0.25) is 5.88 Å². The molecule has 128 valence electrons. The van der Waals surface area contributed by atoms with Gasteiger partial charge in [-0.05, 0) is 24.3 Å². The standard InChI is InChI=1S/C17H13BrClN3O3/c1-22-13-5-3-2-4-11(13)16(17(22)24)21-20-15(23)9-25-14-7-6-10(18)8-12(14)19/h2-8,24H,9H2,1H3. The number of benzene rings is 2. The Hall–Kier alpha value is -2.38. The van der Waals surface area contributed by atoms with E-state index in [2.05, 4.69) is 26.2 Å². The average Bonchev–Trinajstić information content (AvgIpc) is 2.84. The number of ether oxygens (including phenoxy) is 1. The van der Waals surface area contributed by atoms with E-state index in [4.69, 9.17) is 16.3 Å². The summed E-state index contributed by atoms with van der Waals surface area (Å²) in [6.45, 7) is -0.309. The molecule has 3 aromatic rings. The molecular weight excluding hydrogens is 410 g/mol. The van der Waals surface area contributed by atoms with Crippen LogP contribution >= 0.6 is 27.5 Å². The Morgan fingerprint density at radius 1 is 1.32 bits per heavy atom. The topological polar surface area (TPSA) is 76.2 Å².